The average molecular weight is 583 g/mol. The second-order valence-electron chi connectivity index (χ2n) is 9.53. The molecule has 0 spiro atoms. The van der Waals surface area contributed by atoms with Gasteiger partial charge in [0.05, 0.1) is 11.1 Å². The number of nitro groups is 1. The molecule has 1 amide bonds. The summed E-state index contributed by atoms with van der Waals surface area (Å²) in [6.07, 6.45) is 1.20. The first kappa shape index (κ1) is 28.8. The molecule has 43 heavy (non-hydrogen) atoms. The zero-order chi connectivity index (χ0) is 30.3. The van der Waals surface area contributed by atoms with Gasteiger partial charge >= 0.3 is 11.6 Å². The quantitative estimate of drug-likeness (QED) is 0.106. The fourth-order valence-electron chi connectivity index (χ4n) is 4.42. The van der Waals surface area contributed by atoms with Gasteiger partial charge in [0.25, 0.3) is 0 Å². The maximum atomic E-state index is 14.0. The van der Waals surface area contributed by atoms with E-state index in [1.165, 1.54) is 48.7 Å². The van der Waals surface area contributed by atoms with Crippen molar-refractivity contribution in [1.82, 2.24) is 9.99 Å². The molecule has 2 heterocycles. The Kier molecular flexibility index (Phi) is 8.61. The Balaban J connectivity index is 1.19. The number of carbonyl (C=O) groups is 1. The van der Waals surface area contributed by atoms with E-state index < -0.39 is 16.6 Å². The van der Waals surface area contributed by atoms with Crippen LogP contribution in [0.1, 0.15) is 38.8 Å². The molecule has 0 unspecified atom stereocenters. The summed E-state index contributed by atoms with van der Waals surface area (Å²) in [5.74, 6) is -0.176. The summed E-state index contributed by atoms with van der Waals surface area (Å²) >= 11 is 0. The maximum Gasteiger partial charge on any atom is 0.311 e. The molecule has 0 atom stereocenters. The van der Waals surface area contributed by atoms with Crippen molar-refractivity contribution in [3.05, 3.63) is 141 Å². The molecule has 0 aliphatic rings. The van der Waals surface area contributed by atoms with Gasteiger partial charge in [-0.05, 0) is 74.5 Å². The Morgan fingerprint density at radius 3 is 2.42 bits per heavy atom. The lowest BCUT2D eigenvalue weighted by Crippen LogP contribution is -2.17. The van der Waals surface area contributed by atoms with Gasteiger partial charge in [-0.25, -0.2) is 9.82 Å². The molecule has 3 aromatic carbocycles. The van der Waals surface area contributed by atoms with Crippen molar-refractivity contribution < 1.29 is 28.0 Å². The first-order valence-corrected chi connectivity index (χ1v) is 13.2. The number of ether oxygens (including phenoxy) is 2. The minimum absolute atomic E-state index is 0.000255. The summed E-state index contributed by atoms with van der Waals surface area (Å²) < 4.78 is 33.2. The molecule has 2 aromatic heterocycles. The summed E-state index contributed by atoms with van der Waals surface area (Å²) in [5, 5.41) is 15.5. The Bertz CT molecular complexity index is 1770. The van der Waals surface area contributed by atoms with E-state index in [9.17, 15) is 19.3 Å². The number of nitrogens with one attached hydrogen (secondary N) is 1. The van der Waals surface area contributed by atoms with Gasteiger partial charge in [-0.15, -0.1) is 0 Å². The highest BCUT2D eigenvalue weighted by Gasteiger charge is 2.19. The van der Waals surface area contributed by atoms with Gasteiger partial charge in [-0.3, -0.25) is 14.9 Å². The Labute approximate surface area is 246 Å². The van der Waals surface area contributed by atoms with Crippen LogP contribution in [0.3, 0.4) is 0 Å². The van der Waals surface area contributed by atoms with E-state index in [1.807, 2.05) is 38.1 Å². The van der Waals surface area contributed by atoms with E-state index in [-0.39, 0.29) is 41.5 Å². The molecule has 5 aromatic rings. The molecule has 11 heteroatoms. The Morgan fingerprint density at radius 1 is 0.953 bits per heavy atom. The van der Waals surface area contributed by atoms with Crippen LogP contribution in [-0.4, -0.2) is 21.6 Å². The van der Waals surface area contributed by atoms with Crippen LogP contribution < -0.4 is 14.9 Å². The van der Waals surface area contributed by atoms with E-state index in [1.54, 1.807) is 12.1 Å². The molecule has 0 radical (unpaired) electrons. The number of benzene rings is 3. The molecule has 5 rings (SSSR count). The second-order valence-corrected chi connectivity index (χ2v) is 9.53. The van der Waals surface area contributed by atoms with Crippen molar-refractivity contribution in [2.75, 3.05) is 0 Å². The third-order valence-electron chi connectivity index (χ3n) is 6.55. The normalized spacial score (nSPS) is 11.0. The molecule has 1 N–H and O–H groups in total. The molecule has 10 nitrogen and oxygen atoms in total. The summed E-state index contributed by atoms with van der Waals surface area (Å²) in [6.45, 7) is 3.96. The second kappa shape index (κ2) is 12.9. The Morgan fingerprint density at radius 2 is 1.70 bits per heavy atom. The summed E-state index contributed by atoms with van der Waals surface area (Å²) in [4.78, 5) is 23.5. The number of hydrazone groups is 1. The van der Waals surface area contributed by atoms with E-state index >= 15 is 0 Å². The fourth-order valence-corrected chi connectivity index (χ4v) is 4.42. The number of aromatic nitrogens is 1. The molecule has 0 fully saturated rings. The summed E-state index contributed by atoms with van der Waals surface area (Å²) in [5.41, 5.74) is 5.74. The van der Waals surface area contributed by atoms with Gasteiger partial charge in [0.1, 0.15) is 30.5 Å². The number of nitro benzene ring substituents is 1. The Hall–Kier alpha value is -5.71. The number of aryl methyl sites for hydroxylation is 2. The lowest BCUT2D eigenvalue weighted by Gasteiger charge is -2.10. The van der Waals surface area contributed by atoms with Gasteiger partial charge in [0, 0.05) is 34.3 Å². The van der Waals surface area contributed by atoms with Gasteiger partial charge in [-0.1, -0.05) is 24.3 Å². The fraction of sp³-hybridized carbons (Fsp3) is 0.125. The van der Waals surface area contributed by atoms with Crippen molar-refractivity contribution in [3.8, 4) is 17.2 Å². The molecular weight excluding hydrogens is 555 g/mol. The van der Waals surface area contributed by atoms with Crippen LogP contribution in [0, 0.1) is 29.8 Å². The van der Waals surface area contributed by atoms with E-state index in [2.05, 4.69) is 27.2 Å². The monoisotopic (exact) mass is 582 g/mol. The number of rotatable bonds is 11. The van der Waals surface area contributed by atoms with E-state index in [4.69, 9.17) is 13.9 Å². The largest absolute Gasteiger partial charge is 0.486 e. The summed E-state index contributed by atoms with van der Waals surface area (Å²) in [6, 6.07) is 25.1. The lowest BCUT2D eigenvalue weighted by atomic mass is 10.2. The topological polar surface area (TPSA) is 121 Å². The van der Waals surface area contributed by atoms with Crippen molar-refractivity contribution in [2.24, 2.45) is 5.10 Å². The summed E-state index contributed by atoms with van der Waals surface area (Å²) in [7, 11) is 0. The predicted molar refractivity (Wildman–Crippen MR) is 157 cm³/mol. The minimum atomic E-state index is -0.636. The van der Waals surface area contributed by atoms with Gasteiger partial charge in [0.2, 0.25) is 5.75 Å². The van der Waals surface area contributed by atoms with Crippen LogP contribution in [0.25, 0.3) is 5.69 Å². The molecule has 0 aliphatic carbocycles. The number of para-hydroxylation sites is 1. The molecular formula is C32H27FN4O6. The maximum absolute atomic E-state index is 14.0. The van der Waals surface area contributed by atoms with Crippen molar-refractivity contribution >= 4 is 17.8 Å². The molecule has 0 aliphatic heterocycles. The van der Waals surface area contributed by atoms with Crippen LogP contribution in [0.5, 0.6) is 11.5 Å². The first-order valence-electron chi connectivity index (χ1n) is 13.2. The molecule has 218 valence electrons. The smallest absolute Gasteiger partial charge is 0.311 e. The van der Waals surface area contributed by atoms with E-state index in [0.717, 1.165) is 17.1 Å². The average Bonchev–Trinajstić information content (AvgIpc) is 3.62. The number of carbonyl (C=O) groups excluding carboxylic acids is 1. The van der Waals surface area contributed by atoms with Crippen LogP contribution in [0.15, 0.2) is 101 Å². The zero-order valence-corrected chi connectivity index (χ0v) is 23.3. The van der Waals surface area contributed by atoms with Crippen molar-refractivity contribution in [3.63, 3.8) is 0 Å². The third-order valence-corrected chi connectivity index (χ3v) is 6.55. The van der Waals surface area contributed by atoms with Crippen LogP contribution in [0.2, 0.25) is 0 Å². The highest BCUT2D eigenvalue weighted by atomic mass is 19.1. The molecule has 0 saturated carbocycles. The number of amides is 1. The van der Waals surface area contributed by atoms with E-state index in [0.29, 0.717) is 11.5 Å². The number of hydrogen-bond donors (Lipinski definition) is 1. The van der Waals surface area contributed by atoms with Crippen LogP contribution in [0.4, 0.5) is 10.1 Å². The van der Waals surface area contributed by atoms with Crippen molar-refractivity contribution in [2.45, 2.75) is 27.1 Å². The van der Waals surface area contributed by atoms with Crippen molar-refractivity contribution in [1.29, 1.82) is 0 Å². The molecule has 0 bridgehead atoms. The SMILES string of the molecule is Cc1ccc(C)n1-c1ccc(OCc2ccc(C(=O)N/N=C/c3cccc([N+](=O)[O-])c3OCc3ccccc3F)o2)cc1. The van der Waals surface area contributed by atoms with Crippen LogP contribution >= 0.6 is 0 Å². The first-order chi connectivity index (χ1) is 20.8. The zero-order valence-electron chi connectivity index (χ0n) is 23.3. The minimum Gasteiger partial charge on any atom is -0.486 e. The van der Waals surface area contributed by atoms with Gasteiger partial charge < -0.3 is 18.5 Å². The number of nitrogens with zero attached hydrogens (tertiary/aromatic N) is 3. The van der Waals surface area contributed by atoms with Crippen LogP contribution in [-0.2, 0) is 13.2 Å². The number of furan rings is 1. The lowest BCUT2D eigenvalue weighted by molar-refractivity contribution is -0.386. The predicted octanol–water partition coefficient (Wildman–Crippen LogP) is 6.66. The third kappa shape index (κ3) is 6.79. The number of hydrogen-bond acceptors (Lipinski definition) is 7. The highest BCUT2D eigenvalue weighted by Crippen LogP contribution is 2.31. The highest BCUT2D eigenvalue weighted by molar-refractivity contribution is 5.93. The number of halogens is 1. The molecule has 0 saturated heterocycles. The standard InChI is InChI=1S/C32H27FN4O6/c1-21-10-11-22(2)36(21)25-12-14-26(15-13-25)41-20-27-16-17-30(43-27)32(38)35-34-18-23-7-5-9-29(37(39)40)31(23)42-19-24-6-3-4-8-28(24)33/h3-18H,19-20H2,1-2H3,(H,35,38)/b34-18+. The van der Waals surface area contributed by atoms with Gasteiger partial charge in [0.15, 0.2) is 5.76 Å². The van der Waals surface area contributed by atoms with Gasteiger partial charge in [-0.2, -0.15) is 5.10 Å².